The van der Waals surface area contributed by atoms with Crippen molar-refractivity contribution in [2.45, 2.75) is 31.3 Å². The average molecular weight is 338 g/mol. The summed E-state index contributed by atoms with van der Waals surface area (Å²) in [5, 5.41) is 0. The first-order valence-electron chi connectivity index (χ1n) is 8.77. The Kier molecular flexibility index (Phi) is 4.30. The topological polar surface area (TPSA) is 51.7 Å². The van der Waals surface area contributed by atoms with Crippen molar-refractivity contribution in [1.29, 1.82) is 0 Å². The highest BCUT2D eigenvalue weighted by molar-refractivity contribution is 5.93. The van der Waals surface area contributed by atoms with Gasteiger partial charge >= 0.3 is 0 Å². The molecule has 130 valence electrons. The number of amides is 1. The molecule has 1 saturated carbocycles. The van der Waals surface area contributed by atoms with Crippen LogP contribution in [0.4, 0.5) is 0 Å². The van der Waals surface area contributed by atoms with Gasteiger partial charge in [-0.15, -0.1) is 0 Å². The molecule has 1 aliphatic heterocycles. The van der Waals surface area contributed by atoms with Crippen LogP contribution in [0.5, 0.6) is 11.5 Å². The molecule has 25 heavy (non-hydrogen) atoms. The second kappa shape index (κ2) is 6.75. The highest BCUT2D eigenvalue weighted by atomic mass is 16.5. The van der Waals surface area contributed by atoms with Crippen LogP contribution in [0.15, 0.2) is 48.7 Å². The Morgan fingerprint density at radius 1 is 1.16 bits per heavy atom. The fourth-order valence-electron chi connectivity index (χ4n) is 4.10. The molecule has 3 atom stereocenters. The minimum Gasteiger partial charge on any atom is -0.497 e. The van der Waals surface area contributed by atoms with Crippen molar-refractivity contribution in [3.63, 3.8) is 0 Å². The molecule has 2 fully saturated rings. The zero-order valence-corrected chi connectivity index (χ0v) is 14.3. The highest BCUT2D eigenvalue weighted by Gasteiger charge is 2.48. The number of methoxy groups -OCH3 is 1. The standard InChI is InChI=1S/C20H22N2O3/c1-24-16-7-9-17(10-8-16)25-13-19-14-5-6-15(12-14)22(19)20(23)18-4-2-3-11-21-18/h2-4,7-11,14-15,19H,5-6,12-13H2,1H3/t14-,15-,19+/m0/s1. The predicted octanol–water partition coefficient (Wildman–Crippen LogP) is 3.16. The van der Waals surface area contributed by atoms with Crippen LogP contribution in [-0.2, 0) is 0 Å². The maximum absolute atomic E-state index is 12.9. The number of piperidine rings is 1. The Balaban J connectivity index is 1.48. The van der Waals surface area contributed by atoms with Gasteiger partial charge in [-0.2, -0.15) is 0 Å². The maximum Gasteiger partial charge on any atom is 0.273 e. The van der Waals surface area contributed by atoms with Gasteiger partial charge in [0.1, 0.15) is 23.8 Å². The number of benzene rings is 1. The SMILES string of the molecule is COc1ccc(OC[C@@H]2[C@H]3CC[C@@H](C3)N2C(=O)c2ccccn2)cc1. The van der Waals surface area contributed by atoms with E-state index in [1.54, 1.807) is 19.4 Å². The number of ether oxygens (including phenoxy) is 2. The summed E-state index contributed by atoms with van der Waals surface area (Å²) in [5.74, 6) is 2.15. The van der Waals surface area contributed by atoms with Crippen LogP contribution in [0.1, 0.15) is 29.8 Å². The summed E-state index contributed by atoms with van der Waals surface area (Å²) in [6, 6.07) is 13.5. The summed E-state index contributed by atoms with van der Waals surface area (Å²) in [7, 11) is 1.65. The Morgan fingerprint density at radius 2 is 1.96 bits per heavy atom. The third-order valence-electron chi connectivity index (χ3n) is 5.34. The molecule has 2 bridgehead atoms. The molecule has 1 aliphatic carbocycles. The second-order valence-electron chi connectivity index (χ2n) is 6.71. The Morgan fingerprint density at radius 3 is 2.68 bits per heavy atom. The summed E-state index contributed by atoms with van der Waals surface area (Å²) in [6.07, 6.45) is 5.01. The first-order valence-corrected chi connectivity index (χ1v) is 8.77. The fraction of sp³-hybridized carbons (Fsp3) is 0.400. The van der Waals surface area contributed by atoms with E-state index in [4.69, 9.17) is 9.47 Å². The molecule has 2 aromatic rings. The molecule has 1 aromatic carbocycles. The zero-order valence-electron chi connectivity index (χ0n) is 14.3. The molecule has 1 saturated heterocycles. The molecule has 5 heteroatoms. The first kappa shape index (κ1) is 15.9. The van der Waals surface area contributed by atoms with Gasteiger partial charge in [-0.1, -0.05) is 6.07 Å². The molecule has 2 heterocycles. The lowest BCUT2D eigenvalue weighted by Gasteiger charge is -2.35. The third kappa shape index (κ3) is 3.06. The summed E-state index contributed by atoms with van der Waals surface area (Å²) in [4.78, 5) is 19.2. The van der Waals surface area contributed by atoms with Gasteiger partial charge in [-0.3, -0.25) is 9.78 Å². The molecular formula is C20H22N2O3. The van der Waals surface area contributed by atoms with Crippen LogP contribution < -0.4 is 9.47 Å². The van der Waals surface area contributed by atoms with Crippen LogP contribution in [0.3, 0.4) is 0 Å². The van der Waals surface area contributed by atoms with Gasteiger partial charge in [0, 0.05) is 12.2 Å². The number of hydrogen-bond donors (Lipinski definition) is 0. The van der Waals surface area contributed by atoms with Crippen molar-refractivity contribution in [3.05, 3.63) is 54.4 Å². The largest absolute Gasteiger partial charge is 0.497 e. The summed E-state index contributed by atoms with van der Waals surface area (Å²) >= 11 is 0. The van der Waals surface area contributed by atoms with Crippen LogP contribution in [0.25, 0.3) is 0 Å². The molecule has 1 amide bonds. The summed E-state index contributed by atoms with van der Waals surface area (Å²) in [5.41, 5.74) is 0.518. The number of rotatable bonds is 5. The molecule has 0 radical (unpaired) electrons. The third-order valence-corrected chi connectivity index (χ3v) is 5.34. The molecule has 4 rings (SSSR count). The van der Waals surface area contributed by atoms with Crippen LogP contribution in [0, 0.1) is 5.92 Å². The van der Waals surface area contributed by atoms with Gasteiger partial charge in [-0.05, 0) is 61.6 Å². The van der Waals surface area contributed by atoms with E-state index in [0.29, 0.717) is 24.3 Å². The van der Waals surface area contributed by atoms with Gasteiger partial charge in [0.2, 0.25) is 0 Å². The van der Waals surface area contributed by atoms with E-state index in [2.05, 4.69) is 4.98 Å². The van der Waals surface area contributed by atoms with E-state index in [1.165, 1.54) is 6.42 Å². The average Bonchev–Trinajstić information content (AvgIpc) is 3.28. The summed E-state index contributed by atoms with van der Waals surface area (Å²) < 4.78 is 11.2. The van der Waals surface area contributed by atoms with Gasteiger partial charge in [-0.25, -0.2) is 0 Å². The van der Waals surface area contributed by atoms with Crippen molar-refractivity contribution < 1.29 is 14.3 Å². The van der Waals surface area contributed by atoms with Crippen LogP contribution in [0.2, 0.25) is 0 Å². The Labute approximate surface area is 147 Å². The lowest BCUT2D eigenvalue weighted by Crippen LogP contribution is -2.48. The number of hydrogen-bond acceptors (Lipinski definition) is 4. The number of carbonyl (C=O) groups is 1. The van der Waals surface area contributed by atoms with Gasteiger partial charge in [0.15, 0.2) is 0 Å². The predicted molar refractivity (Wildman–Crippen MR) is 93.8 cm³/mol. The molecular weight excluding hydrogens is 316 g/mol. The Bertz CT molecular complexity index is 732. The van der Waals surface area contributed by atoms with Gasteiger partial charge in [0.25, 0.3) is 5.91 Å². The monoisotopic (exact) mass is 338 g/mol. The lowest BCUT2D eigenvalue weighted by atomic mass is 9.99. The van der Waals surface area contributed by atoms with Crippen molar-refractivity contribution >= 4 is 5.91 Å². The lowest BCUT2D eigenvalue weighted by molar-refractivity contribution is 0.0500. The van der Waals surface area contributed by atoms with E-state index in [9.17, 15) is 4.79 Å². The van der Waals surface area contributed by atoms with Gasteiger partial charge in [0.05, 0.1) is 13.2 Å². The van der Waals surface area contributed by atoms with Gasteiger partial charge < -0.3 is 14.4 Å². The van der Waals surface area contributed by atoms with Crippen molar-refractivity contribution in [2.75, 3.05) is 13.7 Å². The molecule has 2 aliphatic rings. The highest BCUT2D eigenvalue weighted by Crippen LogP contribution is 2.43. The second-order valence-corrected chi connectivity index (χ2v) is 6.71. The van der Waals surface area contributed by atoms with E-state index in [-0.39, 0.29) is 11.9 Å². The first-order chi connectivity index (χ1) is 12.3. The zero-order chi connectivity index (χ0) is 17.2. The number of pyridine rings is 1. The van der Waals surface area contributed by atoms with E-state index in [0.717, 1.165) is 24.3 Å². The van der Waals surface area contributed by atoms with Crippen molar-refractivity contribution in [1.82, 2.24) is 9.88 Å². The minimum atomic E-state index is 0.0242. The fourth-order valence-corrected chi connectivity index (χ4v) is 4.10. The number of likely N-dealkylation sites (tertiary alicyclic amines) is 1. The van der Waals surface area contributed by atoms with E-state index >= 15 is 0 Å². The minimum absolute atomic E-state index is 0.0242. The molecule has 0 spiro atoms. The quantitative estimate of drug-likeness (QED) is 0.840. The maximum atomic E-state index is 12.9. The van der Waals surface area contributed by atoms with E-state index in [1.807, 2.05) is 41.3 Å². The van der Waals surface area contributed by atoms with E-state index < -0.39 is 0 Å². The number of nitrogens with zero attached hydrogens (tertiary/aromatic N) is 2. The number of carbonyl (C=O) groups excluding carboxylic acids is 1. The Hall–Kier alpha value is -2.56. The van der Waals surface area contributed by atoms with Crippen LogP contribution in [-0.4, -0.2) is 41.6 Å². The molecule has 0 N–H and O–H groups in total. The molecule has 0 unspecified atom stereocenters. The number of aromatic nitrogens is 1. The normalized spacial score (nSPS) is 24.4. The summed E-state index contributed by atoms with van der Waals surface area (Å²) in [6.45, 7) is 0.520. The smallest absolute Gasteiger partial charge is 0.273 e. The van der Waals surface area contributed by atoms with Crippen LogP contribution >= 0.6 is 0 Å². The molecule has 5 nitrogen and oxygen atoms in total. The molecule has 1 aromatic heterocycles. The van der Waals surface area contributed by atoms with Crippen molar-refractivity contribution in [2.24, 2.45) is 5.92 Å². The van der Waals surface area contributed by atoms with Crippen molar-refractivity contribution in [3.8, 4) is 11.5 Å². The number of fused-ring (bicyclic) bond motifs is 2.